The first-order valence-corrected chi connectivity index (χ1v) is 20.3. The number of allylic oxidation sites excluding steroid dienone is 10. The van der Waals surface area contributed by atoms with E-state index < -0.39 is 6.10 Å². The first-order valence-electron chi connectivity index (χ1n) is 20.3. The lowest BCUT2D eigenvalue weighted by Crippen LogP contribution is -2.30. The van der Waals surface area contributed by atoms with Crippen LogP contribution in [0, 0.1) is 0 Å². The van der Waals surface area contributed by atoms with E-state index in [0.29, 0.717) is 19.3 Å². The zero-order chi connectivity index (χ0) is 36.6. The summed E-state index contributed by atoms with van der Waals surface area (Å²) in [6.07, 6.45) is 44.9. The molecule has 50 heavy (non-hydrogen) atoms. The molecule has 286 valence electrons. The second-order valence-electron chi connectivity index (χ2n) is 13.3. The van der Waals surface area contributed by atoms with Crippen molar-refractivity contribution in [1.29, 1.82) is 0 Å². The Morgan fingerprint density at radius 3 is 1.36 bits per heavy atom. The van der Waals surface area contributed by atoms with Gasteiger partial charge in [0.15, 0.2) is 6.10 Å². The highest BCUT2D eigenvalue weighted by atomic mass is 16.6. The maximum absolute atomic E-state index is 12.6. The Hall–Kier alpha value is -2.89. The van der Waals surface area contributed by atoms with Crippen LogP contribution in [0.3, 0.4) is 0 Å². The average molecular weight is 699 g/mol. The standard InChI is InChI=1S/C44H74O6/c1-4-7-10-13-16-19-21-22-23-26-28-31-34-37-43(46)49-40-41(39-48-42(45)36-33-30-27-24-18-15-12-9-6-3)50-44(47)38-35-32-29-25-20-17-14-11-8-5-2/h7,10,13-14,16-17,19,21-23,41H,4-6,8-9,11-12,15,18,20,24-40H2,1-3H3/b10-7-,16-13-,17-14-,21-19-,23-22-. The highest BCUT2D eigenvalue weighted by Gasteiger charge is 2.19. The van der Waals surface area contributed by atoms with Gasteiger partial charge in [-0.15, -0.1) is 0 Å². The fourth-order valence-electron chi connectivity index (χ4n) is 5.25. The summed E-state index contributed by atoms with van der Waals surface area (Å²) in [5.41, 5.74) is 0. The molecule has 0 heterocycles. The van der Waals surface area contributed by atoms with Gasteiger partial charge in [0.1, 0.15) is 13.2 Å². The molecule has 0 saturated heterocycles. The maximum atomic E-state index is 12.6. The molecule has 0 aromatic carbocycles. The fraction of sp³-hybridized carbons (Fsp3) is 0.705. The molecule has 0 N–H and O–H groups in total. The highest BCUT2D eigenvalue weighted by Crippen LogP contribution is 2.13. The van der Waals surface area contributed by atoms with Crippen molar-refractivity contribution >= 4 is 17.9 Å². The number of hydrogen-bond acceptors (Lipinski definition) is 6. The fourth-order valence-corrected chi connectivity index (χ4v) is 5.25. The van der Waals surface area contributed by atoms with E-state index >= 15 is 0 Å². The van der Waals surface area contributed by atoms with Gasteiger partial charge in [0.25, 0.3) is 0 Å². The van der Waals surface area contributed by atoms with E-state index in [1.54, 1.807) is 0 Å². The predicted molar refractivity (Wildman–Crippen MR) is 210 cm³/mol. The minimum absolute atomic E-state index is 0.0916. The summed E-state index contributed by atoms with van der Waals surface area (Å²) >= 11 is 0. The molecule has 0 rings (SSSR count). The molecule has 6 nitrogen and oxygen atoms in total. The average Bonchev–Trinajstić information content (AvgIpc) is 3.11. The van der Waals surface area contributed by atoms with Gasteiger partial charge < -0.3 is 14.2 Å². The molecular weight excluding hydrogens is 624 g/mol. The highest BCUT2D eigenvalue weighted by molar-refractivity contribution is 5.71. The van der Waals surface area contributed by atoms with Gasteiger partial charge in [0.2, 0.25) is 0 Å². The van der Waals surface area contributed by atoms with Crippen LogP contribution in [0.5, 0.6) is 0 Å². The van der Waals surface area contributed by atoms with Gasteiger partial charge in [-0.3, -0.25) is 14.4 Å². The Kier molecular flexibility index (Phi) is 36.7. The molecule has 0 spiro atoms. The Morgan fingerprint density at radius 1 is 0.420 bits per heavy atom. The Bertz CT molecular complexity index is 944. The third-order valence-corrected chi connectivity index (χ3v) is 8.35. The van der Waals surface area contributed by atoms with E-state index in [4.69, 9.17) is 14.2 Å². The minimum atomic E-state index is -0.789. The summed E-state index contributed by atoms with van der Waals surface area (Å²) in [7, 11) is 0. The van der Waals surface area contributed by atoms with Crippen LogP contribution in [0.4, 0.5) is 0 Å². The first kappa shape index (κ1) is 47.1. The largest absolute Gasteiger partial charge is 0.462 e. The van der Waals surface area contributed by atoms with Gasteiger partial charge in [-0.2, -0.15) is 0 Å². The summed E-state index contributed by atoms with van der Waals surface area (Å²) < 4.78 is 16.6. The minimum Gasteiger partial charge on any atom is -0.462 e. The van der Waals surface area contributed by atoms with Crippen molar-refractivity contribution in [2.75, 3.05) is 13.2 Å². The molecule has 0 aliphatic rings. The molecule has 0 saturated carbocycles. The molecule has 0 bridgehead atoms. The van der Waals surface area contributed by atoms with Gasteiger partial charge in [0, 0.05) is 19.3 Å². The Balaban J connectivity index is 4.46. The number of hydrogen-bond donors (Lipinski definition) is 0. The molecular formula is C44H74O6. The van der Waals surface area contributed by atoms with Crippen molar-refractivity contribution in [3.63, 3.8) is 0 Å². The molecule has 6 heteroatoms. The molecule has 0 aromatic rings. The van der Waals surface area contributed by atoms with Crippen molar-refractivity contribution in [1.82, 2.24) is 0 Å². The summed E-state index contributed by atoms with van der Waals surface area (Å²) in [5.74, 6) is -0.958. The molecule has 0 aliphatic heterocycles. The van der Waals surface area contributed by atoms with Crippen LogP contribution in [0.15, 0.2) is 60.8 Å². The van der Waals surface area contributed by atoms with Crippen molar-refractivity contribution in [3.05, 3.63) is 60.8 Å². The third kappa shape index (κ3) is 36.4. The smallest absolute Gasteiger partial charge is 0.306 e. The van der Waals surface area contributed by atoms with E-state index in [9.17, 15) is 14.4 Å². The van der Waals surface area contributed by atoms with Gasteiger partial charge in [-0.25, -0.2) is 0 Å². The lowest BCUT2D eigenvalue weighted by molar-refractivity contribution is -0.167. The van der Waals surface area contributed by atoms with Crippen molar-refractivity contribution in [3.8, 4) is 0 Å². The number of carbonyl (C=O) groups is 3. The van der Waals surface area contributed by atoms with Crippen LogP contribution in [-0.4, -0.2) is 37.2 Å². The number of esters is 3. The third-order valence-electron chi connectivity index (χ3n) is 8.35. The van der Waals surface area contributed by atoms with Crippen LogP contribution < -0.4 is 0 Å². The van der Waals surface area contributed by atoms with Gasteiger partial charge in [-0.05, 0) is 57.8 Å². The van der Waals surface area contributed by atoms with Crippen LogP contribution >= 0.6 is 0 Å². The molecule has 0 aliphatic carbocycles. The normalized spacial score (nSPS) is 12.6. The number of unbranched alkanes of at least 4 members (excludes halogenated alkanes) is 17. The molecule has 0 amide bonds. The lowest BCUT2D eigenvalue weighted by atomic mass is 10.1. The topological polar surface area (TPSA) is 78.9 Å². The molecule has 1 unspecified atom stereocenters. The van der Waals surface area contributed by atoms with Gasteiger partial charge in [0.05, 0.1) is 0 Å². The quantitative estimate of drug-likeness (QED) is 0.0215. The Labute approximate surface area is 307 Å². The molecule has 0 aromatic heterocycles. The Morgan fingerprint density at radius 2 is 0.820 bits per heavy atom. The number of carbonyl (C=O) groups excluding carboxylic acids is 3. The molecule has 0 fully saturated rings. The van der Waals surface area contributed by atoms with Gasteiger partial charge in [-0.1, -0.05) is 165 Å². The van der Waals surface area contributed by atoms with E-state index in [0.717, 1.165) is 89.9 Å². The first-order chi connectivity index (χ1) is 24.5. The van der Waals surface area contributed by atoms with Crippen LogP contribution in [0.25, 0.3) is 0 Å². The zero-order valence-corrected chi connectivity index (χ0v) is 32.4. The van der Waals surface area contributed by atoms with Gasteiger partial charge >= 0.3 is 17.9 Å². The number of ether oxygens (including phenoxy) is 3. The van der Waals surface area contributed by atoms with E-state index in [1.807, 2.05) is 36.5 Å². The van der Waals surface area contributed by atoms with Crippen LogP contribution in [0.1, 0.15) is 181 Å². The van der Waals surface area contributed by atoms with Crippen LogP contribution in [-0.2, 0) is 28.6 Å². The van der Waals surface area contributed by atoms with Crippen molar-refractivity contribution in [2.24, 2.45) is 0 Å². The second kappa shape index (κ2) is 38.9. The van der Waals surface area contributed by atoms with Crippen LogP contribution in [0.2, 0.25) is 0 Å². The lowest BCUT2D eigenvalue weighted by Gasteiger charge is -2.18. The summed E-state index contributed by atoms with van der Waals surface area (Å²) in [6, 6.07) is 0. The SMILES string of the molecule is CC\C=C/C=C\C=C/C=C\CCCCCC(=O)OCC(COC(=O)CCCCCCCCCCC)OC(=O)CCCCCC/C=C\CCCC. The zero-order valence-electron chi connectivity index (χ0n) is 32.4. The summed E-state index contributed by atoms with van der Waals surface area (Å²) in [5, 5.41) is 0. The molecule has 0 radical (unpaired) electrons. The second-order valence-corrected chi connectivity index (χ2v) is 13.3. The number of rotatable bonds is 35. The molecule has 1 atom stereocenters. The maximum Gasteiger partial charge on any atom is 0.306 e. The van der Waals surface area contributed by atoms with E-state index in [-0.39, 0.29) is 31.1 Å². The summed E-state index contributed by atoms with van der Waals surface area (Å²) in [6.45, 7) is 6.35. The van der Waals surface area contributed by atoms with E-state index in [2.05, 4.69) is 45.1 Å². The monoisotopic (exact) mass is 699 g/mol. The predicted octanol–water partition coefficient (Wildman–Crippen LogP) is 12.6. The summed E-state index contributed by atoms with van der Waals surface area (Å²) in [4.78, 5) is 37.5. The van der Waals surface area contributed by atoms with Crippen molar-refractivity contribution < 1.29 is 28.6 Å². The van der Waals surface area contributed by atoms with Crippen molar-refractivity contribution in [2.45, 2.75) is 187 Å². The van der Waals surface area contributed by atoms with E-state index in [1.165, 1.54) is 51.4 Å².